The van der Waals surface area contributed by atoms with Gasteiger partial charge >= 0.3 is 0 Å². The molecule has 4 heteroatoms. The van der Waals surface area contributed by atoms with Crippen LogP contribution in [0.15, 0.2) is 71.4 Å². The highest BCUT2D eigenvalue weighted by Crippen LogP contribution is 2.26. The molecule has 146 valence electrons. The van der Waals surface area contributed by atoms with Crippen molar-refractivity contribution in [2.45, 2.75) is 39.5 Å². The molecule has 0 fully saturated rings. The number of rotatable bonds is 8. The zero-order valence-electron chi connectivity index (χ0n) is 16.8. The number of unbranched alkanes of at least 4 members (excludes halogenated alkanes) is 2. The number of anilines is 1. The fourth-order valence-corrected chi connectivity index (χ4v) is 3.24. The van der Waals surface area contributed by atoms with E-state index in [2.05, 4.69) is 18.7 Å². The molecule has 1 amide bonds. The van der Waals surface area contributed by atoms with Gasteiger partial charge in [0.25, 0.3) is 5.91 Å². The van der Waals surface area contributed by atoms with Gasteiger partial charge in [0, 0.05) is 13.1 Å². The lowest BCUT2D eigenvalue weighted by Gasteiger charge is -2.29. The lowest BCUT2D eigenvalue weighted by molar-refractivity contribution is -0.113. The van der Waals surface area contributed by atoms with Gasteiger partial charge in [-0.1, -0.05) is 75.2 Å². The van der Waals surface area contributed by atoms with Gasteiger partial charge in [-0.2, -0.15) is 0 Å². The van der Waals surface area contributed by atoms with Crippen LogP contribution >= 0.6 is 0 Å². The highest BCUT2D eigenvalue weighted by molar-refractivity contribution is 6.28. The van der Waals surface area contributed by atoms with E-state index in [0.29, 0.717) is 5.70 Å². The van der Waals surface area contributed by atoms with Gasteiger partial charge in [-0.25, -0.2) is 9.89 Å². The Hall–Kier alpha value is -2.88. The number of carbonyl (C=O) groups is 1. The number of benzene rings is 2. The van der Waals surface area contributed by atoms with E-state index in [4.69, 9.17) is 4.99 Å². The standard InChI is InChI=1S/C24H29N3O/c1-3-5-17-26(18-6-4-2)24-25-22(19-20-13-9-7-10-14-20)23(28)27(24)21-15-11-8-12-16-21/h7-16,19H,3-6,17-18H2,1-2H3/b22-19-. The van der Waals surface area contributed by atoms with Gasteiger partial charge in [0.05, 0.1) is 5.69 Å². The minimum absolute atomic E-state index is 0.0666. The molecule has 0 spiro atoms. The molecule has 3 rings (SSSR count). The average Bonchev–Trinajstić information content (AvgIpc) is 3.05. The van der Waals surface area contributed by atoms with Crippen molar-refractivity contribution in [2.75, 3.05) is 18.0 Å². The highest BCUT2D eigenvalue weighted by atomic mass is 16.2. The van der Waals surface area contributed by atoms with Crippen LogP contribution in [0.25, 0.3) is 6.08 Å². The van der Waals surface area contributed by atoms with Crippen LogP contribution in [-0.4, -0.2) is 29.9 Å². The second-order valence-electron chi connectivity index (χ2n) is 7.02. The largest absolute Gasteiger partial charge is 0.342 e. The summed E-state index contributed by atoms with van der Waals surface area (Å²) in [5.74, 6) is 0.684. The first-order valence-corrected chi connectivity index (χ1v) is 10.2. The monoisotopic (exact) mass is 375 g/mol. The van der Waals surface area contributed by atoms with Crippen LogP contribution < -0.4 is 4.90 Å². The van der Waals surface area contributed by atoms with E-state index in [0.717, 1.165) is 56.0 Å². The first kappa shape index (κ1) is 19.9. The second kappa shape index (κ2) is 9.88. The highest BCUT2D eigenvalue weighted by Gasteiger charge is 2.34. The molecule has 0 aliphatic carbocycles. The van der Waals surface area contributed by atoms with Crippen LogP contribution in [0.1, 0.15) is 45.1 Å². The van der Waals surface area contributed by atoms with Crippen molar-refractivity contribution in [2.24, 2.45) is 4.99 Å². The maximum Gasteiger partial charge on any atom is 0.283 e. The van der Waals surface area contributed by atoms with Crippen molar-refractivity contribution < 1.29 is 4.79 Å². The third-order valence-electron chi connectivity index (χ3n) is 4.81. The van der Waals surface area contributed by atoms with E-state index >= 15 is 0 Å². The van der Waals surface area contributed by atoms with Crippen molar-refractivity contribution in [1.29, 1.82) is 0 Å². The topological polar surface area (TPSA) is 35.9 Å². The molecule has 0 unspecified atom stereocenters. The Bertz CT molecular complexity index is 819. The lowest BCUT2D eigenvalue weighted by atomic mass is 10.2. The van der Waals surface area contributed by atoms with Crippen LogP contribution in [0, 0.1) is 0 Å². The third kappa shape index (κ3) is 4.69. The molecule has 2 aromatic carbocycles. The SMILES string of the molecule is CCCCN(CCCC)C1=N/C(=C\c2ccccc2)C(=O)N1c1ccccc1. The average molecular weight is 376 g/mol. The summed E-state index contributed by atoms with van der Waals surface area (Å²) in [5.41, 5.74) is 2.33. The van der Waals surface area contributed by atoms with E-state index in [1.165, 1.54) is 0 Å². The van der Waals surface area contributed by atoms with Gasteiger partial charge < -0.3 is 4.90 Å². The number of para-hydroxylation sites is 1. The number of aliphatic imine (C=N–C) groups is 1. The summed E-state index contributed by atoms with van der Waals surface area (Å²) < 4.78 is 0. The van der Waals surface area contributed by atoms with E-state index in [1.54, 1.807) is 4.90 Å². The Morgan fingerprint density at radius 1 is 0.893 bits per heavy atom. The van der Waals surface area contributed by atoms with Crippen LogP contribution in [-0.2, 0) is 4.79 Å². The maximum absolute atomic E-state index is 13.3. The summed E-state index contributed by atoms with van der Waals surface area (Å²) in [6.45, 7) is 6.19. The Labute approximate surface area is 168 Å². The van der Waals surface area contributed by atoms with Gasteiger partial charge in [-0.05, 0) is 36.6 Å². The van der Waals surface area contributed by atoms with Gasteiger partial charge in [0.1, 0.15) is 5.70 Å². The molecule has 4 nitrogen and oxygen atoms in total. The maximum atomic E-state index is 13.3. The molecule has 1 aliphatic heterocycles. The van der Waals surface area contributed by atoms with E-state index < -0.39 is 0 Å². The molecule has 1 heterocycles. The Kier molecular flexibility index (Phi) is 7.01. The lowest BCUT2D eigenvalue weighted by Crippen LogP contribution is -2.45. The van der Waals surface area contributed by atoms with E-state index in [1.807, 2.05) is 66.7 Å². The van der Waals surface area contributed by atoms with E-state index in [9.17, 15) is 4.79 Å². The molecule has 28 heavy (non-hydrogen) atoms. The van der Waals surface area contributed by atoms with Crippen molar-refractivity contribution in [3.05, 3.63) is 71.9 Å². The fraction of sp³-hybridized carbons (Fsp3) is 0.333. The number of carbonyl (C=O) groups excluding carboxylic acids is 1. The number of guanidine groups is 1. The van der Waals surface area contributed by atoms with Gasteiger partial charge in [0.15, 0.2) is 0 Å². The minimum Gasteiger partial charge on any atom is -0.342 e. The molecule has 0 saturated carbocycles. The number of hydrogen-bond donors (Lipinski definition) is 0. The fourth-order valence-electron chi connectivity index (χ4n) is 3.24. The van der Waals surface area contributed by atoms with Crippen LogP contribution in [0.3, 0.4) is 0 Å². The smallest absolute Gasteiger partial charge is 0.283 e. The van der Waals surface area contributed by atoms with Gasteiger partial charge in [-0.3, -0.25) is 4.79 Å². The summed E-state index contributed by atoms with van der Waals surface area (Å²) in [5, 5.41) is 0. The van der Waals surface area contributed by atoms with Crippen LogP contribution in [0.2, 0.25) is 0 Å². The third-order valence-corrected chi connectivity index (χ3v) is 4.81. The Morgan fingerprint density at radius 3 is 2.04 bits per heavy atom. The summed E-state index contributed by atoms with van der Waals surface area (Å²) in [4.78, 5) is 22.1. The number of amides is 1. The zero-order valence-corrected chi connectivity index (χ0v) is 16.8. The molecule has 0 bridgehead atoms. The minimum atomic E-state index is -0.0666. The normalized spacial score (nSPS) is 15.2. The van der Waals surface area contributed by atoms with Crippen molar-refractivity contribution in [1.82, 2.24) is 4.90 Å². The number of nitrogens with zero attached hydrogens (tertiary/aromatic N) is 3. The molecular formula is C24H29N3O. The predicted molar refractivity (Wildman–Crippen MR) is 117 cm³/mol. The van der Waals surface area contributed by atoms with Gasteiger partial charge in [-0.15, -0.1) is 0 Å². The van der Waals surface area contributed by atoms with E-state index in [-0.39, 0.29) is 5.91 Å². The van der Waals surface area contributed by atoms with Crippen molar-refractivity contribution in [3.63, 3.8) is 0 Å². The molecule has 0 N–H and O–H groups in total. The van der Waals surface area contributed by atoms with Crippen molar-refractivity contribution in [3.8, 4) is 0 Å². The van der Waals surface area contributed by atoms with Crippen molar-refractivity contribution >= 4 is 23.6 Å². The predicted octanol–water partition coefficient (Wildman–Crippen LogP) is 5.33. The zero-order chi connectivity index (χ0) is 19.8. The molecular weight excluding hydrogens is 346 g/mol. The Morgan fingerprint density at radius 2 is 1.46 bits per heavy atom. The first-order valence-electron chi connectivity index (χ1n) is 10.2. The van der Waals surface area contributed by atoms with Crippen LogP contribution in [0.5, 0.6) is 0 Å². The Balaban J connectivity index is 2.00. The summed E-state index contributed by atoms with van der Waals surface area (Å²) >= 11 is 0. The molecule has 2 aromatic rings. The molecule has 1 aliphatic rings. The second-order valence-corrected chi connectivity index (χ2v) is 7.02. The number of hydrogen-bond acceptors (Lipinski definition) is 3. The quantitative estimate of drug-likeness (QED) is 0.585. The summed E-state index contributed by atoms with van der Waals surface area (Å²) in [6.07, 6.45) is 6.27. The summed E-state index contributed by atoms with van der Waals surface area (Å²) in [6, 6.07) is 19.7. The van der Waals surface area contributed by atoms with Crippen LogP contribution in [0.4, 0.5) is 5.69 Å². The molecule has 0 atom stereocenters. The summed E-state index contributed by atoms with van der Waals surface area (Å²) in [7, 11) is 0. The molecule has 0 aromatic heterocycles. The molecule has 0 saturated heterocycles. The van der Waals surface area contributed by atoms with Gasteiger partial charge in [0.2, 0.25) is 5.96 Å². The first-order chi connectivity index (χ1) is 13.7. The molecule has 0 radical (unpaired) electrons.